The smallest absolute Gasteiger partial charge is 0.475 e. The van der Waals surface area contributed by atoms with Crippen LogP contribution in [-0.2, 0) is 4.74 Å². The molecule has 10 heteroatoms. The van der Waals surface area contributed by atoms with E-state index in [9.17, 15) is 18.0 Å². The van der Waals surface area contributed by atoms with Gasteiger partial charge >= 0.3 is 6.36 Å². The number of benzene rings is 1. The van der Waals surface area contributed by atoms with Crippen LogP contribution in [0.4, 0.5) is 13.2 Å². The van der Waals surface area contributed by atoms with Crippen LogP contribution in [0.2, 0.25) is 0 Å². The molecule has 1 amide bonds. The van der Waals surface area contributed by atoms with Crippen LogP contribution < -0.4 is 9.47 Å². The fourth-order valence-corrected chi connectivity index (χ4v) is 2.53. The number of hydrogen-bond acceptors (Lipinski definition) is 6. The number of amides is 1. The van der Waals surface area contributed by atoms with E-state index in [1.165, 1.54) is 30.5 Å². The maximum absolute atomic E-state index is 12.6. The fourth-order valence-electron chi connectivity index (χ4n) is 2.53. The van der Waals surface area contributed by atoms with Crippen molar-refractivity contribution in [3.8, 4) is 23.0 Å². The first-order valence-electron chi connectivity index (χ1n) is 8.01. The SMILES string of the molecule is COCCN1CCOc2nc(-c3cccc(OC(F)(F)F)c3)ncc2C1=O. The summed E-state index contributed by atoms with van der Waals surface area (Å²) in [6.07, 6.45) is -3.49. The van der Waals surface area contributed by atoms with Crippen molar-refractivity contribution in [2.24, 2.45) is 0 Å². The Balaban J connectivity index is 1.87. The molecular formula is C17H16F3N3O4. The van der Waals surface area contributed by atoms with Gasteiger partial charge in [-0.25, -0.2) is 4.98 Å². The Hall–Kier alpha value is -2.88. The maximum atomic E-state index is 12.6. The van der Waals surface area contributed by atoms with Crippen LogP contribution in [0, 0.1) is 0 Å². The number of methoxy groups -OCH3 is 1. The third-order valence-electron chi connectivity index (χ3n) is 3.76. The molecule has 7 nitrogen and oxygen atoms in total. The molecule has 0 atom stereocenters. The zero-order valence-electron chi connectivity index (χ0n) is 14.3. The van der Waals surface area contributed by atoms with Crippen LogP contribution in [0.1, 0.15) is 10.4 Å². The molecule has 144 valence electrons. The molecule has 0 unspecified atom stereocenters. The van der Waals surface area contributed by atoms with Crippen LogP contribution in [0.25, 0.3) is 11.4 Å². The number of aromatic nitrogens is 2. The highest BCUT2D eigenvalue weighted by molar-refractivity contribution is 5.96. The Morgan fingerprint density at radius 1 is 1.33 bits per heavy atom. The molecule has 0 radical (unpaired) electrons. The van der Waals surface area contributed by atoms with Gasteiger partial charge in [0.25, 0.3) is 5.91 Å². The highest BCUT2D eigenvalue weighted by atomic mass is 19.4. The van der Waals surface area contributed by atoms with Crippen LogP contribution in [0.5, 0.6) is 11.6 Å². The summed E-state index contributed by atoms with van der Waals surface area (Å²) in [7, 11) is 1.54. The zero-order valence-corrected chi connectivity index (χ0v) is 14.3. The topological polar surface area (TPSA) is 73.8 Å². The van der Waals surface area contributed by atoms with E-state index in [4.69, 9.17) is 9.47 Å². The summed E-state index contributed by atoms with van der Waals surface area (Å²) < 4.78 is 51.6. The number of alkyl halides is 3. The van der Waals surface area contributed by atoms with Gasteiger partial charge in [-0.1, -0.05) is 12.1 Å². The summed E-state index contributed by atoms with van der Waals surface area (Å²) in [4.78, 5) is 22.4. The van der Waals surface area contributed by atoms with Crippen molar-refractivity contribution in [3.63, 3.8) is 0 Å². The number of halogens is 3. The van der Waals surface area contributed by atoms with Crippen molar-refractivity contribution < 1.29 is 32.2 Å². The summed E-state index contributed by atoms with van der Waals surface area (Å²) in [6, 6.07) is 5.27. The van der Waals surface area contributed by atoms with Crippen molar-refractivity contribution in [2.75, 3.05) is 33.4 Å². The Morgan fingerprint density at radius 2 is 2.15 bits per heavy atom. The Labute approximate surface area is 152 Å². The summed E-state index contributed by atoms with van der Waals surface area (Å²) in [5, 5.41) is 0. The number of nitrogens with zero attached hydrogens (tertiary/aromatic N) is 3. The molecule has 1 aromatic heterocycles. The first-order chi connectivity index (χ1) is 12.9. The number of carbonyl (C=O) groups is 1. The highest BCUT2D eigenvalue weighted by Crippen LogP contribution is 2.28. The lowest BCUT2D eigenvalue weighted by Crippen LogP contribution is -2.35. The maximum Gasteiger partial charge on any atom is 0.573 e. The Kier molecular flexibility index (Phi) is 5.45. The molecule has 1 aliphatic rings. The molecule has 1 aliphatic heterocycles. The van der Waals surface area contributed by atoms with Crippen molar-refractivity contribution in [3.05, 3.63) is 36.0 Å². The van der Waals surface area contributed by atoms with E-state index in [1.54, 1.807) is 12.0 Å². The van der Waals surface area contributed by atoms with E-state index in [-0.39, 0.29) is 35.5 Å². The van der Waals surface area contributed by atoms with Gasteiger partial charge in [0, 0.05) is 25.4 Å². The number of hydrogen-bond donors (Lipinski definition) is 0. The highest BCUT2D eigenvalue weighted by Gasteiger charge is 2.31. The lowest BCUT2D eigenvalue weighted by Gasteiger charge is -2.18. The molecule has 0 N–H and O–H groups in total. The van der Waals surface area contributed by atoms with Gasteiger partial charge in [-0.3, -0.25) is 4.79 Å². The molecule has 2 heterocycles. The summed E-state index contributed by atoms with van der Waals surface area (Å²) in [6.45, 7) is 1.38. The summed E-state index contributed by atoms with van der Waals surface area (Å²) in [5.74, 6) is -0.465. The fraction of sp³-hybridized carbons (Fsp3) is 0.353. The van der Waals surface area contributed by atoms with E-state index in [0.717, 1.165) is 0 Å². The van der Waals surface area contributed by atoms with Gasteiger partial charge in [-0.2, -0.15) is 4.98 Å². The van der Waals surface area contributed by atoms with E-state index < -0.39 is 6.36 Å². The van der Waals surface area contributed by atoms with E-state index in [2.05, 4.69) is 14.7 Å². The van der Waals surface area contributed by atoms with Crippen molar-refractivity contribution in [1.29, 1.82) is 0 Å². The molecule has 27 heavy (non-hydrogen) atoms. The van der Waals surface area contributed by atoms with Gasteiger partial charge in [-0.05, 0) is 12.1 Å². The standard InChI is InChI=1S/C17H16F3N3O4/c1-25-7-5-23-6-8-26-15-13(16(23)24)10-21-14(22-15)11-3-2-4-12(9-11)27-17(18,19)20/h2-4,9-10H,5-8H2,1H3. The molecule has 0 saturated carbocycles. The average Bonchev–Trinajstić information content (AvgIpc) is 2.77. The molecule has 0 fully saturated rings. The van der Waals surface area contributed by atoms with Gasteiger partial charge in [0.05, 0.1) is 13.2 Å². The summed E-state index contributed by atoms with van der Waals surface area (Å²) in [5.41, 5.74) is 0.492. The minimum Gasteiger partial charge on any atom is -0.475 e. The van der Waals surface area contributed by atoms with E-state index >= 15 is 0 Å². The normalized spacial score (nSPS) is 14.4. The third-order valence-corrected chi connectivity index (χ3v) is 3.76. The second kappa shape index (κ2) is 7.78. The lowest BCUT2D eigenvalue weighted by atomic mass is 10.2. The van der Waals surface area contributed by atoms with E-state index in [0.29, 0.717) is 25.3 Å². The monoisotopic (exact) mass is 383 g/mol. The first-order valence-corrected chi connectivity index (χ1v) is 8.01. The zero-order chi connectivity index (χ0) is 19.4. The third kappa shape index (κ3) is 4.64. The average molecular weight is 383 g/mol. The van der Waals surface area contributed by atoms with Gasteiger partial charge in [-0.15, -0.1) is 13.2 Å². The number of carbonyl (C=O) groups excluding carboxylic acids is 1. The van der Waals surface area contributed by atoms with Gasteiger partial charge in [0.1, 0.15) is 17.9 Å². The molecule has 0 bridgehead atoms. The largest absolute Gasteiger partial charge is 0.573 e. The molecule has 3 rings (SSSR count). The van der Waals surface area contributed by atoms with Crippen molar-refractivity contribution in [2.45, 2.75) is 6.36 Å². The molecule has 1 aromatic carbocycles. The Morgan fingerprint density at radius 3 is 2.89 bits per heavy atom. The van der Waals surface area contributed by atoms with Crippen LogP contribution in [0.3, 0.4) is 0 Å². The molecule has 0 aliphatic carbocycles. The number of rotatable bonds is 5. The van der Waals surface area contributed by atoms with Gasteiger partial charge < -0.3 is 19.1 Å². The lowest BCUT2D eigenvalue weighted by molar-refractivity contribution is -0.274. The number of fused-ring (bicyclic) bond motifs is 1. The van der Waals surface area contributed by atoms with Gasteiger partial charge in [0.15, 0.2) is 5.82 Å². The van der Waals surface area contributed by atoms with E-state index in [1.807, 2.05) is 0 Å². The van der Waals surface area contributed by atoms with Crippen LogP contribution in [0.15, 0.2) is 30.5 Å². The molecular weight excluding hydrogens is 367 g/mol. The first kappa shape index (κ1) is 18.9. The summed E-state index contributed by atoms with van der Waals surface area (Å²) >= 11 is 0. The minimum atomic E-state index is -4.80. The molecule has 2 aromatic rings. The Bertz CT molecular complexity index is 829. The van der Waals surface area contributed by atoms with Crippen LogP contribution >= 0.6 is 0 Å². The quantitative estimate of drug-likeness (QED) is 0.790. The minimum absolute atomic E-state index is 0.0899. The second-order valence-corrected chi connectivity index (χ2v) is 5.62. The number of ether oxygens (including phenoxy) is 3. The van der Waals surface area contributed by atoms with Crippen LogP contribution in [-0.4, -0.2) is 60.6 Å². The molecule has 0 spiro atoms. The molecule has 0 saturated heterocycles. The van der Waals surface area contributed by atoms with Crippen molar-refractivity contribution in [1.82, 2.24) is 14.9 Å². The van der Waals surface area contributed by atoms with Crippen molar-refractivity contribution >= 4 is 5.91 Å². The second-order valence-electron chi connectivity index (χ2n) is 5.62. The predicted octanol–water partition coefficient (Wildman–Crippen LogP) is 2.52. The van der Waals surface area contributed by atoms with Gasteiger partial charge in [0.2, 0.25) is 5.88 Å². The predicted molar refractivity (Wildman–Crippen MR) is 87.4 cm³/mol.